The quantitative estimate of drug-likeness (QED) is 0.477. The van der Waals surface area contributed by atoms with Crippen LogP contribution < -0.4 is 21.1 Å². The molecule has 0 fully saturated rings. The molecule has 128 valence electrons. The third-order valence-corrected chi connectivity index (χ3v) is 3.68. The Kier molecular flexibility index (Phi) is 8.57. The van der Waals surface area contributed by atoms with Crippen LogP contribution in [-0.2, 0) is 11.3 Å². The van der Waals surface area contributed by atoms with Gasteiger partial charge in [-0.05, 0) is 23.6 Å². The molecule has 6 nitrogen and oxygen atoms in total. The molecule has 6 heteroatoms. The van der Waals surface area contributed by atoms with Crippen molar-refractivity contribution in [3.8, 4) is 5.75 Å². The van der Waals surface area contributed by atoms with Gasteiger partial charge in [0, 0.05) is 20.1 Å². The smallest absolute Gasteiger partial charge is 0.255 e. The Morgan fingerprint density at radius 2 is 2.04 bits per heavy atom. The average molecular weight is 320 g/mol. The normalized spacial score (nSPS) is 11.4. The summed E-state index contributed by atoms with van der Waals surface area (Å²) in [7, 11) is 1.76. The summed E-state index contributed by atoms with van der Waals surface area (Å²) in [6, 6.07) is 7.54. The highest BCUT2D eigenvalue weighted by Crippen LogP contribution is 2.13. The molecule has 4 N–H and O–H groups in total. The minimum Gasteiger partial charge on any atom is -0.484 e. The predicted octanol–water partition coefficient (Wildman–Crippen LogP) is 1.65. The number of hydrogen-bond donors (Lipinski definition) is 3. The van der Waals surface area contributed by atoms with E-state index in [2.05, 4.69) is 29.5 Å². The van der Waals surface area contributed by atoms with Gasteiger partial charge in [0.1, 0.15) is 5.75 Å². The Balaban J connectivity index is 2.49. The zero-order valence-electron chi connectivity index (χ0n) is 14.3. The van der Waals surface area contributed by atoms with E-state index in [0.29, 0.717) is 18.2 Å². The number of amides is 1. The summed E-state index contributed by atoms with van der Waals surface area (Å²) in [5, 5.41) is 6.62. The Hall–Kier alpha value is -2.24. The second-order valence-electron chi connectivity index (χ2n) is 5.39. The van der Waals surface area contributed by atoms with Crippen molar-refractivity contribution in [2.24, 2.45) is 16.6 Å². The first kappa shape index (κ1) is 18.8. The molecule has 1 aromatic carbocycles. The van der Waals surface area contributed by atoms with Gasteiger partial charge >= 0.3 is 0 Å². The summed E-state index contributed by atoms with van der Waals surface area (Å²) in [6.07, 6.45) is 2.31. The van der Waals surface area contributed by atoms with Crippen LogP contribution in [0.5, 0.6) is 5.75 Å². The maximum atomic E-state index is 10.7. The van der Waals surface area contributed by atoms with Gasteiger partial charge in [0.15, 0.2) is 12.6 Å². The molecule has 0 bridgehead atoms. The molecule has 0 saturated carbocycles. The zero-order valence-corrected chi connectivity index (χ0v) is 14.3. The first-order valence-corrected chi connectivity index (χ1v) is 8.03. The summed E-state index contributed by atoms with van der Waals surface area (Å²) >= 11 is 0. The van der Waals surface area contributed by atoms with E-state index in [9.17, 15) is 4.79 Å². The summed E-state index contributed by atoms with van der Waals surface area (Å²) in [4.78, 5) is 15.0. The van der Waals surface area contributed by atoms with Crippen molar-refractivity contribution in [1.29, 1.82) is 0 Å². The fourth-order valence-electron chi connectivity index (χ4n) is 2.12. The van der Waals surface area contributed by atoms with E-state index >= 15 is 0 Å². The van der Waals surface area contributed by atoms with Gasteiger partial charge < -0.3 is 21.1 Å². The summed E-state index contributed by atoms with van der Waals surface area (Å²) < 4.78 is 5.30. The minimum atomic E-state index is -0.487. The maximum Gasteiger partial charge on any atom is 0.255 e. The largest absolute Gasteiger partial charge is 0.484 e. The second kappa shape index (κ2) is 10.5. The molecule has 0 aliphatic carbocycles. The molecule has 0 aliphatic rings. The van der Waals surface area contributed by atoms with Gasteiger partial charge in [-0.15, -0.1) is 0 Å². The Morgan fingerprint density at radius 3 is 2.65 bits per heavy atom. The van der Waals surface area contributed by atoms with Crippen molar-refractivity contribution in [3.63, 3.8) is 0 Å². The molecule has 1 rings (SSSR count). The molecule has 1 aromatic rings. The number of benzene rings is 1. The van der Waals surface area contributed by atoms with Crippen LogP contribution in [0.15, 0.2) is 29.3 Å². The van der Waals surface area contributed by atoms with Crippen molar-refractivity contribution in [2.45, 2.75) is 33.2 Å². The summed E-state index contributed by atoms with van der Waals surface area (Å²) in [6.45, 7) is 5.81. The molecule has 0 radical (unpaired) electrons. The van der Waals surface area contributed by atoms with Crippen LogP contribution in [0.3, 0.4) is 0 Å². The van der Waals surface area contributed by atoms with Gasteiger partial charge in [-0.25, -0.2) is 0 Å². The van der Waals surface area contributed by atoms with Crippen molar-refractivity contribution in [3.05, 3.63) is 29.8 Å². The number of guanidine groups is 1. The molecular weight excluding hydrogens is 292 g/mol. The zero-order chi connectivity index (χ0) is 17.1. The predicted molar refractivity (Wildman–Crippen MR) is 93.4 cm³/mol. The number of carbonyl (C=O) groups excluding carboxylic acids is 1. The number of rotatable bonds is 9. The molecule has 1 amide bonds. The van der Waals surface area contributed by atoms with Crippen LogP contribution in [0, 0.1) is 5.92 Å². The van der Waals surface area contributed by atoms with E-state index in [0.717, 1.165) is 30.9 Å². The van der Waals surface area contributed by atoms with Crippen molar-refractivity contribution in [2.75, 3.05) is 20.2 Å². The highest BCUT2D eigenvalue weighted by molar-refractivity contribution is 5.79. The van der Waals surface area contributed by atoms with E-state index in [1.54, 1.807) is 13.1 Å². The van der Waals surface area contributed by atoms with Crippen molar-refractivity contribution in [1.82, 2.24) is 10.6 Å². The number of nitrogens with one attached hydrogen (secondary N) is 2. The van der Waals surface area contributed by atoms with Gasteiger partial charge in [-0.1, -0.05) is 38.8 Å². The fraction of sp³-hybridized carbons (Fsp3) is 0.529. The lowest BCUT2D eigenvalue weighted by molar-refractivity contribution is -0.119. The monoisotopic (exact) mass is 320 g/mol. The van der Waals surface area contributed by atoms with Crippen LogP contribution in [-0.4, -0.2) is 32.1 Å². The summed E-state index contributed by atoms with van der Waals surface area (Å²) in [5.41, 5.74) is 6.11. The molecule has 0 heterocycles. The number of aliphatic imine (C=N–C) groups is 1. The van der Waals surface area contributed by atoms with Gasteiger partial charge in [-0.2, -0.15) is 0 Å². The number of ether oxygens (including phenoxy) is 1. The van der Waals surface area contributed by atoms with E-state index in [1.165, 1.54) is 0 Å². The Morgan fingerprint density at radius 1 is 1.30 bits per heavy atom. The van der Waals surface area contributed by atoms with Gasteiger partial charge in [0.25, 0.3) is 5.91 Å². The third kappa shape index (κ3) is 7.54. The van der Waals surface area contributed by atoms with Gasteiger partial charge in [0.2, 0.25) is 0 Å². The average Bonchev–Trinajstić information content (AvgIpc) is 2.57. The Labute approximate surface area is 138 Å². The standard InChI is InChI=1S/C17H28N4O2/c1-4-13(5-2)10-20-17(19-3)21-11-14-7-6-8-15(9-14)23-12-16(18)22/h6-9,13H,4-5,10-12H2,1-3H3,(H2,18,22)(H2,19,20,21). The van der Waals surface area contributed by atoms with E-state index in [-0.39, 0.29) is 6.61 Å². The topological polar surface area (TPSA) is 88.7 Å². The number of carbonyl (C=O) groups is 1. The highest BCUT2D eigenvalue weighted by atomic mass is 16.5. The Bertz CT molecular complexity index is 513. The number of primary amides is 1. The fourth-order valence-corrected chi connectivity index (χ4v) is 2.12. The number of nitrogens with two attached hydrogens (primary N) is 1. The minimum absolute atomic E-state index is 0.116. The molecule has 0 spiro atoms. The molecular formula is C17H28N4O2. The lowest BCUT2D eigenvalue weighted by Gasteiger charge is -2.17. The number of nitrogens with zero attached hydrogens (tertiary/aromatic N) is 1. The van der Waals surface area contributed by atoms with Crippen molar-refractivity contribution < 1.29 is 9.53 Å². The van der Waals surface area contributed by atoms with E-state index in [4.69, 9.17) is 10.5 Å². The molecule has 0 unspecified atom stereocenters. The SMILES string of the molecule is CCC(CC)CNC(=NC)NCc1cccc(OCC(N)=O)c1. The van der Waals surface area contributed by atoms with Crippen LogP contribution in [0.2, 0.25) is 0 Å². The van der Waals surface area contributed by atoms with Crippen LogP contribution in [0.4, 0.5) is 0 Å². The van der Waals surface area contributed by atoms with Crippen LogP contribution >= 0.6 is 0 Å². The molecule has 0 saturated heterocycles. The lowest BCUT2D eigenvalue weighted by Crippen LogP contribution is -2.39. The van der Waals surface area contributed by atoms with E-state index < -0.39 is 5.91 Å². The highest BCUT2D eigenvalue weighted by Gasteiger charge is 2.05. The first-order valence-electron chi connectivity index (χ1n) is 8.03. The third-order valence-electron chi connectivity index (χ3n) is 3.68. The van der Waals surface area contributed by atoms with Crippen LogP contribution in [0.25, 0.3) is 0 Å². The lowest BCUT2D eigenvalue weighted by atomic mass is 10.0. The summed E-state index contributed by atoms with van der Waals surface area (Å²) in [5.74, 6) is 1.57. The van der Waals surface area contributed by atoms with Gasteiger partial charge in [-0.3, -0.25) is 9.79 Å². The number of hydrogen-bond acceptors (Lipinski definition) is 3. The van der Waals surface area contributed by atoms with E-state index in [1.807, 2.05) is 18.2 Å². The first-order chi connectivity index (χ1) is 11.1. The molecule has 23 heavy (non-hydrogen) atoms. The second-order valence-corrected chi connectivity index (χ2v) is 5.39. The molecule has 0 atom stereocenters. The molecule has 0 aromatic heterocycles. The molecule has 0 aliphatic heterocycles. The van der Waals surface area contributed by atoms with Gasteiger partial charge in [0.05, 0.1) is 0 Å². The van der Waals surface area contributed by atoms with Crippen LogP contribution in [0.1, 0.15) is 32.3 Å². The maximum absolute atomic E-state index is 10.7. The van der Waals surface area contributed by atoms with Crippen molar-refractivity contribution >= 4 is 11.9 Å².